The average Bonchev–Trinajstić information content (AvgIpc) is 2.51. The highest BCUT2D eigenvalue weighted by molar-refractivity contribution is 9.10. The summed E-state index contributed by atoms with van der Waals surface area (Å²) >= 11 is 3.19. The molecule has 0 radical (unpaired) electrons. The van der Waals surface area contributed by atoms with Crippen molar-refractivity contribution in [3.05, 3.63) is 70.2 Å². The van der Waals surface area contributed by atoms with Crippen LogP contribution in [0.3, 0.4) is 0 Å². The smallest absolute Gasteiger partial charge is 0.433 e. The number of cyclic esters (lactones) is 1. The molecule has 6 heteroatoms. The summed E-state index contributed by atoms with van der Waals surface area (Å²) in [7, 11) is 0. The predicted molar refractivity (Wildman–Crippen MR) is 81.6 cm³/mol. The molecular weight excluding hydrogens is 373 g/mol. The molecule has 0 aliphatic carbocycles. The van der Waals surface area contributed by atoms with E-state index in [-0.39, 0.29) is 12.0 Å². The van der Waals surface area contributed by atoms with Crippen LogP contribution in [0.5, 0.6) is 0 Å². The minimum atomic E-state index is -4.69. The van der Waals surface area contributed by atoms with Gasteiger partial charge < -0.3 is 4.74 Å². The summed E-state index contributed by atoms with van der Waals surface area (Å²) in [6.45, 7) is 0. The van der Waals surface area contributed by atoms with Gasteiger partial charge in [-0.15, -0.1) is 0 Å². The number of benzene rings is 2. The molecule has 2 nitrogen and oxygen atoms in total. The van der Waals surface area contributed by atoms with Crippen LogP contribution in [0.2, 0.25) is 0 Å². The highest BCUT2D eigenvalue weighted by atomic mass is 79.9. The SMILES string of the molecule is O=C1O[C@@](c2ccc(Br)cc2)(C(F)(F)F)[C@H]1Cc1ccccc1. The third kappa shape index (κ3) is 2.65. The molecule has 0 unspecified atom stereocenters. The molecule has 0 bridgehead atoms. The van der Waals surface area contributed by atoms with Crippen molar-refractivity contribution in [1.29, 1.82) is 0 Å². The number of esters is 1. The summed E-state index contributed by atoms with van der Waals surface area (Å²) in [5.41, 5.74) is -1.98. The Bertz CT molecular complexity index is 713. The molecule has 2 aromatic rings. The lowest BCUT2D eigenvalue weighted by Gasteiger charge is -2.48. The van der Waals surface area contributed by atoms with Gasteiger partial charge in [0.2, 0.25) is 5.60 Å². The van der Waals surface area contributed by atoms with Crippen molar-refractivity contribution in [3.63, 3.8) is 0 Å². The van der Waals surface area contributed by atoms with E-state index in [2.05, 4.69) is 15.9 Å². The van der Waals surface area contributed by atoms with Gasteiger partial charge in [-0.25, -0.2) is 0 Å². The lowest BCUT2D eigenvalue weighted by atomic mass is 9.73. The van der Waals surface area contributed by atoms with Crippen LogP contribution in [0.25, 0.3) is 0 Å². The van der Waals surface area contributed by atoms with Crippen molar-refractivity contribution in [3.8, 4) is 0 Å². The van der Waals surface area contributed by atoms with Crippen molar-refractivity contribution in [2.45, 2.75) is 18.2 Å². The number of hydrogen-bond donors (Lipinski definition) is 0. The summed E-state index contributed by atoms with van der Waals surface area (Å²) in [6, 6.07) is 14.3. The average molecular weight is 385 g/mol. The van der Waals surface area contributed by atoms with E-state index in [1.54, 1.807) is 30.3 Å². The van der Waals surface area contributed by atoms with Gasteiger partial charge in [-0.2, -0.15) is 13.2 Å². The third-order valence-electron chi connectivity index (χ3n) is 4.01. The maximum absolute atomic E-state index is 13.8. The van der Waals surface area contributed by atoms with Crippen LogP contribution >= 0.6 is 15.9 Å². The quantitative estimate of drug-likeness (QED) is 0.721. The van der Waals surface area contributed by atoms with Gasteiger partial charge in [0, 0.05) is 10.0 Å². The molecule has 23 heavy (non-hydrogen) atoms. The molecule has 0 saturated carbocycles. The van der Waals surface area contributed by atoms with Crippen LogP contribution in [0.1, 0.15) is 11.1 Å². The largest absolute Gasteiger partial charge is 0.443 e. The Morgan fingerprint density at radius 2 is 1.65 bits per heavy atom. The second-order valence-corrected chi connectivity index (χ2v) is 6.32. The van der Waals surface area contributed by atoms with Crippen LogP contribution < -0.4 is 0 Å². The van der Waals surface area contributed by atoms with E-state index in [0.717, 1.165) is 0 Å². The number of rotatable bonds is 3. The Kier molecular flexibility index (Phi) is 3.96. The Labute approximate surface area is 139 Å². The van der Waals surface area contributed by atoms with Gasteiger partial charge in [0.05, 0.1) is 0 Å². The predicted octanol–water partition coefficient (Wildman–Crippen LogP) is 4.62. The van der Waals surface area contributed by atoms with Crippen molar-refractivity contribution in [2.24, 2.45) is 5.92 Å². The summed E-state index contributed by atoms with van der Waals surface area (Å²) < 4.78 is 46.7. The van der Waals surface area contributed by atoms with Crippen LogP contribution in [-0.2, 0) is 21.6 Å². The molecule has 1 fully saturated rings. The van der Waals surface area contributed by atoms with Gasteiger partial charge in [0.25, 0.3) is 0 Å². The second-order valence-electron chi connectivity index (χ2n) is 5.40. The van der Waals surface area contributed by atoms with E-state index in [0.29, 0.717) is 10.0 Å². The maximum atomic E-state index is 13.8. The number of carbonyl (C=O) groups excluding carboxylic acids is 1. The molecule has 2 aromatic carbocycles. The molecule has 1 saturated heterocycles. The topological polar surface area (TPSA) is 26.3 Å². The van der Waals surface area contributed by atoms with Gasteiger partial charge in [0.1, 0.15) is 5.92 Å². The standard InChI is InChI=1S/C17H12BrF3O2/c18-13-8-6-12(7-9-13)16(17(19,20)21)14(15(22)23-16)10-11-4-2-1-3-5-11/h1-9,14H,10H2/t14-,16+/m0/s1. The van der Waals surface area contributed by atoms with Crippen LogP contribution in [0.15, 0.2) is 59.1 Å². The lowest BCUT2D eigenvalue weighted by Crippen LogP contribution is -2.64. The number of halogens is 4. The Morgan fingerprint density at radius 1 is 1.04 bits per heavy atom. The summed E-state index contributed by atoms with van der Waals surface area (Å²) in [5.74, 6) is -2.11. The number of ether oxygens (including phenoxy) is 1. The van der Waals surface area contributed by atoms with Gasteiger partial charge in [0.15, 0.2) is 0 Å². The molecule has 0 amide bonds. The number of hydrogen-bond acceptors (Lipinski definition) is 2. The van der Waals surface area contributed by atoms with Crippen molar-refractivity contribution < 1.29 is 22.7 Å². The molecule has 0 N–H and O–H groups in total. The lowest BCUT2D eigenvalue weighted by molar-refractivity contribution is -0.331. The van der Waals surface area contributed by atoms with Crippen LogP contribution in [-0.4, -0.2) is 12.1 Å². The van der Waals surface area contributed by atoms with E-state index < -0.39 is 23.7 Å². The molecule has 0 spiro atoms. The molecule has 3 rings (SSSR count). The fourth-order valence-corrected chi connectivity index (χ4v) is 3.13. The van der Waals surface area contributed by atoms with Crippen LogP contribution in [0.4, 0.5) is 13.2 Å². The molecule has 1 aliphatic heterocycles. The molecule has 0 aromatic heterocycles. The third-order valence-corrected chi connectivity index (χ3v) is 4.54. The van der Waals surface area contributed by atoms with E-state index >= 15 is 0 Å². The zero-order valence-corrected chi connectivity index (χ0v) is 13.4. The van der Waals surface area contributed by atoms with Gasteiger partial charge in [-0.1, -0.05) is 58.4 Å². The minimum absolute atomic E-state index is 0.0186. The normalized spacial score (nSPS) is 24.0. The maximum Gasteiger partial charge on any atom is 0.433 e. The molecule has 1 aliphatic rings. The molecule has 1 heterocycles. The Hall–Kier alpha value is -1.82. The fourth-order valence-electron chi connectivity index (χ4n) is 2.86. The van der Waals surface area contributed by atoms with Crippen molar-refractivity contribution >= 4 is 21.9 Å². The monoisotopic (exact) mass is 384 g/mol. The van der Waals surface area contributed by atoms with E-state index in [1.807, 2.05) is 0 Å². The summed E-state index contributed by atoms with van der Waals surface area (Å²) in [5, 5.41) is 0. The zero-order valence-electron chi connectivity index (χ0n) is 11.8. The summed E-state index contributed by atoms with van der Waals surface area (Å²) in [4.78, 5) is 11.8. The summed E-state index contributed by atoms with van der Waals surface area (Å²) in [6.07, 6.45) is -4.70. The molecular formula is C17H12BrF3O2. The number of carbonyl (C=O) groups is 1. The molecule has 120 valence electrons. The van der Waals surface area contributed by atoms with Crippen LogP contribution in [0, 0.1) is 5.92 Å². The van der Waals surface area contributed by atoms with E-state index in [1.165, 1.54) is 24.3 Å². The first kappa shape index (κ1) is 16.1. The minimum Gasteiger partial charge on any atom is -0.443 e. The van der Waals surface area contributed by atoms with Gasteiger partial charge in [-0.3, -0.25) is 4.79 Å². The Morgan fingerprint density at radius 3 is 2.17 bits per heavy atom. The van der Waals surface area contributed by atoms with E-state index in [9.17, 15) is 18.0 Å². The van der Waals surface area contributed by atoms with Crippen molar-refractivity contribution in [2.75, 3.05) is 0 Å². The zero-order chi connectivity index (χ0) is 16.7. The second kappa shape index (κ2) is 5.67. The van der Waals surface area contributed by atoms with Gasteiger partial charge >= 0.3 is 12.1 Å². The first-order valence-corrected chi connectivity index (χ1v) is 7.73. The first-order valence-electron chi connectivity index (χ1n) is 6.94. The first-order chi connectivity index (χ1) is 10.8. The van der Waals surface area contributed by atoms with E-state index in [4.69, 9.17) is 4.74 Å². The molecule has 2 atom stereocenters. The number of alkyl halides is 3. The Balaban J connectivity index is 2.02. The highest BCUT2D eigenvalue weighted by Gasteiger charge is 2.72. The van der Waals surface area contributed by atoms with Gasteiger partial charge in [-0.05, 0) is 24.1 Å². The highest BCUT2D eigenvalue weighted by Crippen LogP contribution is 2.55. The van der Waals surface area contributed by atoms with Crippen molar-refractivity contribution in [1.82, 2.24) is 0 Å². The fraction of sp³-hybridized carbons (Fsp3) is 0.235.